The Labute approximate surface area is 451 Å². The number of amides is 1. The van der Waals surface area contributed by atoms with E-state index in [1.54, 1.807) is 6.08 Å². The van der Waals surface area contributed by atoms with Crippen LogP contribution < -0.4 is 5.32 Å². The van der Waals surface area contributed by atoms with Gasteiger partial charge < -0.3 is 45.1 Å². The number of esters is 1. The number of allylic oxidation sites excluding steroid dienone is 13. The van der Waals surface area contributed by atoms with Crippen LogP contribution in [0, 0.1) is 0 Å². The molecule has 426 valence electrons. The standard InChI is InChI=1S/C63H109NO10/c1-4-7-10-13-16-19-22-25-26-27-28-29-30-31-33-35-38-41-44-47-50-56(67)62(71)64-54(55(66)49-46-43-40-37-34-24-21-18-15-12-9-6-3)53-72-63-61(60(70)59(69)57(52-65)73-63)74-58(68)51-48-45-42-39-36-32-23-20-17-14-11-8-5-2/h8,11,14,16-17,19-20,23,25-26,28-29,46,49,54-57,59-61,63,65-67,69-70H,4-7,9-10,12-13,15,18,21-22,24,27,30-45,47-48,50-53H2,1-3H3,(H,64,71)/b11-8+,17-14+,19-16-,23-20-,26-25-,29-28-,49-46+. The van der Waals surface area contributed by atoms with Crippen molar-refractivity contribution in [2.75, 3.05) is 13.2 Å². The molecule has 0 aromatic heterocycles. The van der Waals surface area contributed by atoms with Gasteiger partial charge in [-0.3, -0.25) is 9.59 Å². The molecule has 74 heavy (non-hydrogen) atoms. The van der Waals surface area contributed by atoms with Crippen molar-refractivity contribution in [1.29, 1.82) is 0 Å². The lowest BCUT2D eigenvalue weighted by Gasteiger charge is -2.41. The first-order valence-electron chi connectivity index (χ1n) is 29.9. The number of aliphatic hydroxyl groups is 5. The van der Waals surface area contributed by atoms with Gasteiger partial charge in [0.25, 0.3) is 0 Å². The van der Waals surface area contributed by atoms with Gasteiger partial charge in [0, 0.05) is 6.42 Å². The topological polar surface area (TPSA) is 175 Å². The first kappa shape index (κ1) is 68.9. The molecule has 0 saturated carbocycles. The molecule has 1 heterocycles. The summed E-state index contributed by atoms with van der Waals surface area (Å²) >= 11 is 0. The SMILES string of the molecule is CC/C=C/C=C/C=C\CCCCCCCC(=O)OC1C(OCC(NC(=O)C(O)CCCCCCCCC/C=C\C/C=C\C/C=C\CCCCC)C(O)/C=C/CCCCCCCCCCCC)OC(CO)C(O)C1O. The maximum Gasteiger partial charge on any atom is 0.306 e. The highest BCUT2D eigenvalue weighted by Gasteiger charge is 2.47. The first-order chi connectivity index (χ1) is 36.2. The van der Waals surface area contributed by atoms with Crippen LogP contribution in [0.15, 0.2) is 85.1 Å². The van der Waals surface area contributed by atoms with Crippen LogP contribution in [-0.4, -0.2) is 99.6 Å². The molecular weight excluding hydrogens is 931 g/mol. The number of unbranched alkanes of at least 4 members (excludes halogenated alkanes) is 25. The normalized spacial score (nSPS) is 19.9. The number of ether oxygens (including phenoxy) is 3. The van der Waals surface area contributed by atoms with Gasteiger partial charge in [0.15, 0.2) is 12.4 Å². The smallest absolute Gasteiger partial charge is 0.306 e. The van der Waals surface area contributed by atoms with E-state index in [4.69, 9.17) is 14.2 Å². The molecule has 1 fully saturated rings. The Hall–Kier alpha value is -3.16. The van der Waals surface area contributed by atoms with Crippen molar-refractivity contribution in [2.24, 2.45) is 0 Å². The number of aliphatic hydroxyl groups excluding tert-OH is 5. The molecule has 1 amide bonds. The largest absolute Gasteiger partial charge is 0.454 e. The summed E-state index contributed by atoms with van der Waals surface area (Å²) in [5.41, 5.74) is 0. The van der Waals surface area contributed by atoms with E-state index in [0.29, 0.717) is 12.8 Å². The Balaban J connectivity index is 2.71. The lowest BCUT2D eigenvalue weighted by Crippen LogP contribution is -2.61. The quantitative estimate of drug-likeness (QED) is 0.0149. The van der Waals surface area contributed by atoms with Crippen LogP contribution in [0.1, 0.15) is 239 Å². The second-order valence-corrected chi connectivity index (χ2v) is 20.4. The molecule has 0 aromatic carbocycles. The molecule has 0 radical (unpaired) electrons. The lowest BCUT2D eigenvalue weighted by molar-refractivity contribution is -0.305. The number of carbonyl (C=O) groups is 2. The van der Waals surface area contributed by atoms with E-state index < -0.39 is 67.4 Å². The fourth-order valence-electron chi connectivity index (χ4n) is 8.83. The Morgan fingerprint density at radius 2 is 1.03 bits per heavy atom. The van der Waals surface area contributed by atoms with Gasteiger partial charge in [-0.05, 0) is 83.5 Å². The molecule has 8 unspecified atom stereocenters. The minimum Gasteiger partial charge on any atom is -0.454 e. The molecule has 0 aromatic rings. The van der Waals surface area contributed by atoms with Crippen LogP contribution in [0.25, 0.3) is 0 Å². The molecule has 1 aliphatic heterocycles. The molecule has 1 aliphatic rings. The monoisotopic (exact) mass is 1040 g/mol. The average molecular weight is 1040 g/mol. The number of hydrogen-bond donors (Lipinski definition) is 6. The zero-order valence-electron chi connectivity index (χ0n) is 46.9. The lowest BCUT2D eigenvalue weighted by atomic mass is 9.99. The van der Waals surface area contributed by atoms with Gasteiger partial charge >= 0.3 is 5.97 Å². The van der Waals surface area contributed by atoms with Gasteiger partial charge in [-0.1, -0.05) is 234 Å². The van der Waals surface area contributed by atoms with E-state index in [1.807, 2.05) is 24.3 Å². The molecule has 0 spiro atoms. The molecular formula is C63H109NO10. The van der Waals surface area contributed by atoms with E-state index in [2.05, 4.69) is 80.8 Å². The predicted octanol–water partition coefficient (Wildman–Crippen LogP) is 13.8. The second kappa shape index (κ2) is 50.6. The van der Waals surface area contributed by atoms with Gasteiger partial charge in [0.05, 0.1) is 25.4 Å². The van der Waals surface area contributed by atoms with Crippen molar-refractivity contribution in [3.05, 3.63) is 85.1 Å². The summed E-state index contributed by atoms with van der Waals surface area (Å²) in [6.45, 7) is 5.60. The van der Waals surface area contributed by atoms with Crippen molar-refractivity contribution >= 4 is 11.9 Å². The molecule has 1 saturated heterocycles. The molecule has 0 aliphatic carbocycles. The summed E-state index contributed by atoms with van der Waals surface area (Å²) in [4.78, 5) is 26.5. The third kappa shape index (κ3) is 38.4. The van der Waals surface area contributed by atoms with E-state index in [1.165, 1.54) is 89.9 Å². The highest BCUT2D eigenvalue weighted by Crippen LogP contribution is 2.26. The van der Waals surface area contributed by atoms with Gasteiger partial charge in [-0.2, -0.15) is 0 Å². The summed E-state index contributed by atoms with van der Waals surface area (Å²) in [6, 6.07) is -1.04. The summed E-state index contributed by atoms with van der Waals surface area (Å²) in [5.74, 6) is -1.23. The van der Waals surface area contributed by atoms with E-state index in [9.17, 15) is 35.1 Å². The van der Waals surface area contributed by atoms with Crippen molar-refractivity contribution in [3.63, 3.8) is 0 Å². The Morgan fingerprint density at radius 3 is 1.59 bits per heavy atom. The Kier molecular flexibility index (Phi) is 47.1. The molecule has 11 heteroatoms. The summed E-state index contributed by atoms with van der Waals surface area (Å²) < 4.78 is 17.6. The molecule has 6 N–H and O–H groups in total. The van der Waals surface area contributed by atoms with E-state index >= 15 is 0 Å². The van der Waals surface area contributed by atoms with Crippen molar-refractivity contribution in [3.8, 4) is 0 Å². The summed E-state index contributed by atoms with van der Waals surface area (Å²) in [5, 5.41) is 56.9. The van der Waals surface area contributed by atoms with E-state index in [-0.39, 0.29) is 19.4 Å². The van der Waals surface area contributed by atoms with Crippen molar-refractivity contribution in [2.45, 2.75) is 288 Å². The van der Waals surface area contributed by atoms with Crippen LogP contribution in [0.5, 0.6) is 0 Å². The van der Waals surface area contributed by atoms with Gasteiger partial charge in [-0.25, -0.2) is 0 Å². The number of hydrogen-bond acceptors (Lipinski definition) is 10. The third-order valence-corrected chi connectivity index (χ3v) is 13.6. The van der Waals surface area contributed by atoms with Crippen LogP contribution in [0.3, 0.4) is 0 Å². The average Bonchev–Trinajstić information content (AvgIpc) is 3.40. The zero-order chi connectivity index (χ0) is 54.0. The molecule has 1 rings (SSSR count). The van der Waals surface area contributed by atoms with Crippen molar-refractivity contribution in [1.82, 2.24) is 5.32 Å². The second-order valence-electron chi connectivity index (χ2n) is 20.4. The maximum absolute atomic E-state index is 13.4. The van der Waals surface area contributed by atoms with E-state index in [0.717, 1.165) is 103 Å². The van der Waals surface area contributed by atoms with Crippen LogP contribution in [0.4, 0.5) is 0 Å². The van der Waals surface area contributed by atoms with Crippen LogP contribution in [-0.2, 0) is 23.8 Å². The summed E-state index contributed by atoms with van der Waals surface area (Å²) in [6.07, 6.45) is 54.8. The highest BCUT2D eigenvalue weighted by molar-refractivity contribution is 5.80. The third-order valence-electron chi connectivity index (χ3n) is 13.6. The maximum atomic E-state index is 13.4. The minimum atomic E-state index is -1.63. The number of nitrogens with one attached hydrogen (secondary N) is 1. The summed E-state index contributed by atoms with van der Waals surface area (Å²) in [7, 11) is 0. The van der Waals surface area contributed by atoms with Crippen LogP contribution in [0.2, 0.25) is 0 Å². The fourth-order valence-corrected chi connectivity index (χ4v) is 8.83. The Bertz CT molecular complexity index is 1520. The Morgan fingerprint density at radius 1 is 0.554 bits per heavy atom. The predicted molar refractivity (Wildman–Crippen MR) is 306 cm³/mol. The highest BCUT2D eigenvalue weighted by atomic mass is 16.7. The molecule has 8 atom stereocenters. The fraction of sp³-hybridized carbons (Fsp3) is 0.746. The van der Waals surface area contributed by atoms with Crippen molar-refractivity contribution < 1.29 is 49.3 Å². The first-order valence-corrected chi connectivity index (χ1v) is 29.9. The van der Waals surface area contributed by atoms with Gasteiger partial charge in [0.1, 0.15) is 24.4 Å². The van der Waals surface area contributed by atoms with Gasteiger partial charge in [-0.15, -0.1) is 0 Å². The number of rotatable bonds is 49. The molecule has 11 nitrogen and oxygen atoms in total. The zero-order valence-corrected chi connectivity index (χ0v) is 46.9. The number of carbonyl (C=O) groups excluding carboxylic acids is 2. The van der Waals surface area contributed by atoms with Gasteiger partial charge in [0.2, 0.25) is 5.91 Å². The molecule has 0 bridgehead atoms. The van der Waals surface area contributed by atoms with Crippen LogP contribution >= 0.6 is 0 Å². The minimum absolute atomic E-state index is 0.0961.